The van der Waals surface area contributed by atoms with Crippen molar-refractivity contribution < 1.29 is 28.0 Å². The summed E-state index contributed by atoms with van der Waals surface area (Å²) in [5.74, 6) is -0.0277. The Morgan fingerprint density at radius 3 is 2.16 bits per heavy atom. The first kappa shape index (κ1) is 33.1. The Labute approximate surface area is 226 Å². The van der Waals surface area contributed by atoms with Gasteiger partial charge in [-0.15, -0.1) is 0 Å². The van der Waals surface area contributed by atoms with Crippen LogP contribution in [0.1, 0.15) is 87.6 Å². The molecule has 1 aromatic carbocycles. The highest BCUT2D eigenvalue weighted by Gasteiger charge is 2.53. The fraction of sp³-hybridized carbons (Fsp3) is 0.667. The van der Waals surface area contributed by atoms with Crippen LogP contribution >= 0.6 is 11.8 Å². The molecule has 3 atom stereocenters. The van der Waals surface area contributed by atoms with E-state index in [0.29, 0.717) is 10.7 Å². The molecule has 1 saturated heterocycles. The summed E-state index contributed by atoms with van der Waals surface area (Å²) in [7, 11) is 1.07. The Balaban J connectivity index is 0.00000127. The van der Waals surface area contributed by atoms with Gasteiger partial charge in [-0.05, 0) is 78.4 Å². The summed E-state index contributed by atoms with van der Waals surface area (Å²) < 4.78 is 32.4. The molecule has 7 nitrogen and oxygen atoms in total. The summed E-state index contributed by atoms with van der Waals surface area (Å²) in [6.45, 7) is 20.9. The molecular formula is C27H44BFN2O5S. The summed E-state index contributed by atoms with van der Waals surface area (Å²) in [4.78, 5) is 25.1. The zero-order valence-electron chi connectivity index (χ0n) is 24.4. The third-order valence-electron chi connectivity index (χ3n) is 6.26. The summed E-state index contributed by atoms with van der Waals surface area (Å²) in [5.41, 5.74) is -0.0802. The van der Waals surface area contributed by atoms with Crippen molar-refractivity contribution in [1.82, 2.24) is 5.32 Å². The summed E-state index contributed by atoms with van der Waals surface area (Å²) in [5, 5.41) is 3.24. The number of halogens is 1. The zero-order chi connectivity index (χ0) is 28.8. The number of ether oxygens (including phenoxy) is 1. The van der Waals surface area contributed by atoms with Gasteiger partial charge in [0, 0.05) is 18.2 Å². The van der Waals surface area contributed by atoms with Crippen LogP contribution in [0, 0.1) is 11.7 Å². The predicted octanol–water partition coefficient (Wildman–Crippen LogP) is 5.70. The quantitative estimate of drug-likeness (QED) is 0.230. The van der Waals surface area contributed by atoms with E-state index in [1.54, 1.807) is 33.9 Å². The van der Waals surface area contributed by atoms with Crippen molar-refractivity contribution in [3.8, 4) is 0 Å². The molecule has 0 aromatic heterocycles. The number of benzene rings is 1. The molecule has 1 amide bonds. The topological polar surface area (TPSA) is 86.2 Å². The molecule has 10 heteroatoms. The van der Waals surface area contributed by atoms with Crippen LogP contribution in [0.15, 0.2) is 23.2 Å². The largest absolute Gasteiger partial charge is 0.494 e. The van der Waals surface area contributed by atoms with Crippen molar-refractivity contribution in [2.75, 3.05) is 7.05 Å². The third kappa shape index (κ3) is 8.82. The van der Waals surface area contributed by atoms with Crippen LogP contribution in [0.3, 0.4) is 0 Å². The Morgan fingerprint density at radius 1 is 1.19 bits per heavy atom. The minimum Gasteiger partial charge on any atom is -0.444 e. The van der Waals surface area contributed by atoms with Gasteiger partial charge < -0.3 is 18.8 Å². The molecule has 0 radical (unpaired) electrons. The first-order valence-corrected chi connectivity index (χ1v) is 13.6. The van der Waals surface area contributed by atoms with Crippen molar-refractivity contribution in [2.24, 2.45) is 10.9 Å². The number of nitrogens with one attached hydrogen (secondary N) is 1. The number of carbonyl (C=O) groups excluding carboxylic acids is 2. The molecule has 1 aliphatic heterocycles. The molecule has 0 bridgehead atoms. The lowest BCUT2D eigenvalue weighted by Gasteiger charge is -2.32. The van der Waals surface area contributed by atoms with Gasteiger partial charge in [0.05, 0.1) is 11.2 Å². The number of amides is 1. The smallest absolute Gasteiger partial charge is 0.444 e. The fourth-order valence-electron chi connectivity index (χ4n) is 3.67. The second-order valence-corrected chi connectivity index (χ2v) is 11.9. The van der Waals surface area contributed by atoms with Crippen LogP contribution in [0.5, 0.6) is 0 Å². The van der Waals surface area contributed by atoms with Gasteiger partial charge in [-0.1, -0.05) is 44.7 Å². The second-order valence-electron chi connectivity index (χ2n) is 10.7. The highest BCUT2D eigenvalue weighted by molar-refractivity contribution is 8.14. The number of amidine groups is 1. The molecule has 1 N–H and O–H groups in total. The highest BCUT2D eigenvalue weighted by Crippen LogP contribution is 2.55. The number of alkyl carbamates (subject to hydrolysis) is 1. The SMILES string of the molecule is CC.CC=O.CN=C(NC(=O)OC(C)(C)C)SC1C(c2cc(B3OC(C)(C)C(C)(C)O3)ccc2F)[C@@H]1C. The van der Waals surface area contributed by atoms with Gasteiger partial charge in [0.1, 0.15) is 17.7 Å². The van der Waals surface area contributed by atoms with Crippen LogP contribution < -0.4 is 10.8 Å². The number of carbonyl (C=O) groups is 2. The predicted molar refractivity (Wildman–Crippen MR) is 151 cm³/mol. The molecular weight excluding hydrogens is 494 g/mol. The van der Waals surface area contributed by atoms with Crippen molar-refractivity contribution in [3.63, 3.8) is 0 Å². The van der Waals surface area contributed by atoms with E-state index in [-0.39, 0.29) is 22.9 Å². The number of hydrogen-bond donors (Lipinski definition) is 1. The van der Waals surface area contributed by atoms with E-state index in [9.17, 15) is 9.18 Å². The average molecular weight is 539 g/mol. The van der Waals surface area contributed by atoms with Gasteiger partial charge in [0.25, 0.3) is 0 Å². The van der Waals surface area contributed by atoms with E-state index in [4.69, 9.17) is 18.8 Å². The lowest BCUT2D eigenvalue weighted by Crippen LogP contribution is -2.41. The molecule has 2 unspecified atom stereocenters. The fourth-order valence-corrected chi connectivity index (χ4v) is 5.01. The first-order valence-electron chi connectivity index (χ1n) is 12.7. The zero-order valence-corrected chi connectivity index (χ0v) is 25.2. The maximum absolute atomic E-state index is 14.8. The first-order chi connectivity index (χ1) is 17.1. The summed E-state index contributed by atoms with van der Waals surface area (Å²) >= 11 is 1.43. The van der Waals surface area contributed by atoms with Crippen molar-refractivity contribution >= 4 is 41.9 Å². The van der Waals surface area contributed by atoms with Gasteiger partial charge in [0.15, 0.2) is 5.17 Å². The molecule has 37 heavy (non-hydrogen) atoms. The Hall–Kier alpha value is -1.91. The number of aldehydes is 1. The summed E-state index contributed by atoms with van der Waals surface area (Å²) in [6, 6.07) is 5.05. The van der Waals surface area contributed by atoms with Gasteiger partial charge in [0.2, 0.25) is 0 Å². The average Bonchev–Trinajstić information content (AvgIpc) is 3.33. The molecule has 1 aliphatic carbocycles. The molecule has 3 rings (SSSR count). The number of nitrogens with zero attached hydrogens (tertiary/aromatic N) is 1. The Kier molecular flexibility index (Phi) is 11.9. The molecule has 2 fully saturated rings. The minimum atomic E-state index is -0.597. The van der Waals surface area contributed by atoms with Crippen molar-refractivity contribution in [1.29, 1.82) is 0 Å². The van der Waals surface area contributed by atoms with Crippen molar-refractivity contribution in [2.45, 2.75) is 104 Å². The van der Waals surface area contributed by atoms with Gasteiger partial charge in [-0.25, -0.2) is 9.18 Å². The number of hydrogen-bond acceptors (Lipinski definition) is 7. The van der Waals surface area contributed by atoms with Crippen LogP contribution in [0.2, 0.25) is 0 Å². The standard InChI is InChI=1S/C23H34BFN2O4S.C2H4O.C2H6/c1-13-17(18(13)32-19(26-9)27-20(28)29-21(2,3)4)15-12-14(10-11-16(15)25)24-30-22(5,6)23(7,8)31-24;1-2-3;1-2/h10-13,17-18H,1-9H3,(H,26,27,28);2H,1H3;1-2H3/t13-,17?,18?;;/m0../s1. The van der Waals surface area contributed by atoms with Gasteiger partial charge >= 0.3 is 13.2 Å². The van der Waals surface area contributed by atoms with E-state index >= 15 is 0 Å². The number of rotatable bonds is 3. The van der Waals surface area contributed by atoms with Gasteiger partial charge in [-0.3, -0.25) is 10.3 Å². The molecule has 208 valence electrons. The number of aliphatic imine (C=N–C) groups is 1. The van der Waals surface area contributed by atoms with Crippen LogP contribution in [0.4, 0.5) is 9.18 Å². The second kappa shape index (κ2) is 13.2. The van der Waals surface area contributed by atoms with E-state index < -0.39 is 30.0 Å². The van der Waals surface area contributed by atoms with E-state index in [1.165, 1.54) is 24.8 Å². The van der Waals surface area contributed by atoms with Crippen molar-refractivity contribution in [3.05, 3.63) is 29.6 Å². The molecule has 1 saturated carbocycles. The maximum atomic E-state index is 14.8. The third-order valence-corrected chi connectivity index (χ3v) is 7.76. The lowest BCUT2D eigenvalue weighted by molar-refractivity contribution is -0.106. The van der Waals surface area contributed by atoms with E-state index in [1.807, 2.05) is 47.6 Å². The Bertz CT molecular complexity index is 949. The highest BCUT2D eigenvalue weighted by atomic mass is 32.2. The van der Waals surface area contributed by atoms with E-state index in [2.05, 4.69) is 17.2 Å². The number of thioether (sulfide) groups is 1. The monoisotopic (exact) mass is 538 g/mol. The molecule has 0 spiro atoms. The Morgan fingerprint density at radius 2 is 1.70 bits per heavy atom. The lowest BCUT2D eigenvalue weighted by atomic mass is 9.78. The molecule has 2 aliphatic rings. The van der Waals surface area contributed by atoms with E-state index in [0.717, 1.165) is 11.7 Å². The van der Waals surface area contributed by atoms with Crippen LogP contribution in [-0.4, -0.2) is 53.8 Å². The van der Waals surface area contributed by atoms with Gasteiger partial charge in [-0.2, -0.15) is 0 Å². The van der Waals surface area contributed by atoms with Crippen LogP contribution in [0.25, 0.3) is 0 Å². The summed E-state index contributed by atoms with van der Waals surface area (Å²) in [6.07, 6.45) is 0.199. The molecule has 1 aromatic rings. The molecule has 1 heterocycles. The minimum absolute atomic E-state index is 0.000407. The normalized spacial score (nSPS) is 23.6. The maximum Gasteiger partial charge on any atom is 0.494 e. The van der Waals surface area contributed by atoms with Crippen LogP contribution in [-0.2, 0) is 18.8 Å².